The Morgan fingerprint density at radius 1 is 1.04 bits per heavy atom. The van der Waals surface area contributed by atoms with Crippen LogP contribution in [0.4, 0.5) is 14.9 Å². The molecule has 0 heterocycles. The third kappa shape index (κ3) is 5.05. The van der Waals surface area contributed by atoms with E-state index in [9.17, 15) is 9.18 Å². The molecule has 0 atom stereocenters. The molecule has 2 aromatic rings. The Morgan fingerprint density at radius 3 is 2.29 bits per heavy atom. The summed E-state index contributed by atoms with van der Waals surface area (Å²) in [6.07, 6.45) is 0. The lowest BCUT2D eigenvalue weighted by molar-refractivity contribution is 0.247. The predicted octanol–water partition coefficient (Wildman–Crippen LogP) is 3.04. The Kier molecular flexibility index (Phi) is 6.24. The van der Waals surface area contributed by atoms with E-state index in [1.54, 1.807) is 44.6 Å². The summed E-state index contributed by atoms with van der Waals surface area (Å²) in [4.78, 5) is 11.7. The van der Waals surface area contributed by atoms with Crippen LogP contribution >= 0.6 is 0 Å². The molecule has 0 unspecified atom stereocenters. The summed E-state index contributed by atoms with van der Waals surface area (Å²) < 4.78 is 29.2. The van der Waals surface area contributed by atoms with Gasteiger partial charge in [0.1, 0.15) is 29.7 Å². The second kappa shape index (κ2) is 8.61. The molecule has 0 spiro atoms. The lowest BCUT2D eigenvalue weighted by Gasteiger charge is -2.11. The molecule has 0 aromatic heterocycles. The number of benzene rings is 2. The summed E-state index contributed by atoms with van der Waals surface area (Å²) in [7, 11) is 3.10. The van der Waals surface area contributed by atoms with Gasteiger partial charge in [-0.3, -0.25) is 0 Å². The van der Waals surface area contributed by atoms with Gasteiger partial charge in [0.2, 0.25) is 0 Å². The van der Waals surface area contributed by atoms with Crippen molar-refractivity contribution in [2.75, 3.05) is 32.7 Å². The van der Waals surface area contributed by atoms with Gasteiger partial charge in [0, 0.05) is 18.2 Å². The molecule has 2 amide bonds. The van der Waals surface area contributed by atoms with E-state index in [1.807, 2.05) is 0 Å². The van der Waals surface area contributed by atoms with Crippen molar-refractivity contribution < 1.29 is 23.4 Å². The molecule has 2 aromatic carbocycles. The number of nitrogens with one attached hydrogen (secondary N) is 2. The van der Waals surface area contributed by atoms with Gasteiger partial charge in [0.05, 0.1) is 26.5 Å². The highest BCUT2D eigenvalue weighted by Crippen LogP contribution is 2.27. The Bertz CT molecular complexity index is 672. The van der Waals surface area contributed by atoms with Gasteiger partial charge in [0.15, 0.2) is 0 Å². The number of hydrogen-bond donors (Lipinski definition) is 2. The second-order valence-corrected chi connectivity index (χ2v) is 4.76. The maximum absolute atomic E-state index is 13.4. The smallest absolute Gasteiger partial charge is 0.319 e. The molecule has 6 nitrogen and oxygen atoms in total. The first-order valence-corrected chi connectivity index (χ1v) is 7.27. The molecule has 0 radical (unpaired) electrons. The molecule has 0 aliphatic rings. The van der Waals surface area contributed by atoms with Crippen LogP contribution in [0.2, 0.25) is 0 Å². The molecule has 0 fully saturated rings. The van der Waals surface area contributed by atoms with E-state index in [4.69, 9.17) is 14.2 Å². The highest BCUT2D eigenvalue weighted by atomic mass is 19.1. The summed E-state index contributed by atoms with van der Waals surface area (Å²) in [5.41, 5.74) is 0.119. The monoisotopic (exact) mass is 334 g/mol. The van der Waals surface area contributed by atoms with Gasteiger partial charge in [-0.15, -0.1) is 0 Å². The number of methoxy groups -OCH3 is 2. The van der Waals surface area contributed by atoms with Crippen molar-refractivity contribution in [1.29, 1.82) is 0 Å². The number of urea groups is 1. The van der Waals surface area contributed by atoms with E-state index in [0.29, 0.717) is 17.2 Å². The largest absolute Gasteiger partial charge is 0.496 e. The van der Waals surface area contributed by atoms with Gasteiger partial charge in [-0.2, -0.15) is 0 Å². The van der Waals surface area contributed by atoms with Crippen molar-refractivity contribution in [1.82, 2.24) is 5.32 Å². The third-order valence-electron chi connectivity index (χ3n) is 3.10. The van der Waals surface area contributed by atoms with Crippen LogP contribution in [-0.2, 0) is 0 Å². The average Bonchev–Trinajstić information content (AvgIpc) is 2.60. The van der Waals surface area contributed by atoms with E-state index in [-0.39, 0.29) is 18.8 Å². The van der Waals surface area contributed by atoms with Gasteiger partial charge in [-0.1, -0.05) is 12.1 Å². The Labute approximate surface area is 139 Å². The summed E-state index contributed by atoms with van der Waals surface area (Å²) in [5, 5.41) is 5.01. The van der Waals surface area contributed by atoms with Crippen molar-refractivity contribution in [3.8, 4) is 17.2 Å². The molecule has 0 aliphatic carbocycles. The molecule has 0 bridgehead atoms. The lowest BCUT2D eigenvalue weighted by Crippen LogP contribution is -2.32. The van der Waals surface area contributed by atoms with Crippen LogP contribution in [0.3, 0.4) is 0 Å². The molecule has 0 aliphatic heterocycles. The fourth-order valence-electron chi connectivity index (χ4n) is 1.93. The second-order valence-electron chi connectivity index (χ2n) is 4.76. The molecule has 24 heavy (non-hydrogen) atoms. The standard InChI is InChI=1S/C17H19FN2O4/c1-22-12-9-13(23-2)11-14(10-12)24-8-7-19-17(21)20-16-6-4-3-5-15(16)18/h3-6,9-11H,7-8H2,1-2H3,(H2,19,20,21). The molecule has 0 saturated carbocycles. The maximum atomic E-state index is 13.4. The summed E-state index contributed by atoms with van der Waals surface area (Å²) >= 11 is 0. The maximum Gasteiger partial charge on any atom is 0.319 e. The van der Waals surface area contributed by atoms with E-state index in [0.717, 1.165) is 0 Å². The zero-order chi connectivity index (χ0) is 17.4. The molecular weight excluding hydrogens is 315 g/mol. The fourth-order valence-corrected chi connectivity index (χ4v) is 1.93. The molecular formula is C17H19FN2O4. The van der Waals surface area contributed by atoms with Gasteiger partial charge in [0.25, 0.3) is 0 Å². The number of anilines is 1. The first-order valence-electron chi connectivity index (χ1n) is 7.27. The van der Waals surface area contributed by atoms with E-state index in [2.05, 4.69) is 10.6 Å². The Hall–Kier alpha value is -2.96. The van der Waals surface area contributed by atoms with Crippen LogP contribution in [-0.4, -0.2) is 33.4 Å². The van der Waals surface area contributed by atoms with E-state index < -0.39 is 11.8 Å². The minimum Gasteiger partial charge on any atom is -0.496 e. The quantitative estimate of drug-likeness (QED) is 0.764. The van der Waals surface area contributed by atoms with Crippen LogP contribution in [0.5, 0.6) is 17.2 Å². The third-order valence-corrected chi connectivity index (χ3v) is 3.10. The number of amides is 2. The van der Waals surface area contributed by atoms with Crippen molar-refractivity contribution in [2.24, 2.45) is 0 Å². The first kappa shape index (κ1) is 17.4. The molecule has 0 saturated heterocycles. The van der Waals surface area contributed by atoms with Gasteiger partial charge < -0.3 is 24.8 Å². The number of carbonyl (C=O) groups is 1. The van der Waals surface area contributed by atoms with Gasteiger partial charge >= 0.3 is 6.03 Å². The number of carbonyl (C=O) groups excluding carboxylic acids is 1. The van der Waals surface area contributed by atoms with Crippen LogP contribution in [0.15, 0.2) is 42.5 Å². The predicted molar refractivity (Wildman–Crippen MR) is 88.5 cm³/mol. The normalized spacial score (nSPS) is 9.96. The van der Waals surface area contributed by atoms with Crippen LogP contribution in [0.1, 0.15) is 0 Å². The van der Waals surface area contributed by atoms with E-state index >= 15 is 0 Å². The van der Waals surface area contributed by atoms with Crippen molar-refractivity contribution in [3.05, 3.63) is 48.3 Å². The fraction of sp³-hybridized carbons (Fsp3) is 0.235. The van der Waals surface area contributed by atoms with Crippen molar-refractivity contribution in [3.63, 3.8) is 0 Å². The number of rotatable bonds is 7. The Morgan fingerprint density at radius 2 is 1.67 bits per heavy atom. The highest BCUT2D eigenvalue weighted by Gasteiger charge is 2.06. The topological polar surface area (TPSA) is 68.8 Å². The molecule has 7 heteroatoms. The van der Waals surface area contributed by atoms with Gasteiger partial charge in [-0.05, 0) is 12.1 Å². The van der Waals surface area contributed by atoms with Crippen molar-refractivity contribution in [2.45, 2.75) is 0 Å². The zero-order valence-electron chi connectivity index (χ0n) is 13.5. The molecule has 2 N–H and O–H groups in total. The SMILES string of the molecule is COc1cc(OC)cc(OCCNC(=O)Nc2ccccc2F)c1. The summed E-state index contributed by atoms with van der Waals surface area (Å²) in [5.74, 6) is 1.28. The van der Waals surface area contributed by atoms with Crippen LogP contribution in [0.25, 0.3) is 0 Å². The first-order chi connectivity index (χ1) is 11.6. The number of para-hydroxylation sites is 1. The van der Waals surface area contributed by atoms with Crippen LogP contribution in [0, 0.1) is 5.82 Å². The minimum atomic E-state index is -0.507. The van der Waals surface area contributed by atoms with E-state index in [1.165, 1.54) is 12.1 Å². The summed E-state index contributed by atoms with van der Waals surface area (Å²) in [6.45, 7) is 0.487. The van der Waals surface area contributed by atoms with Crippen molar-refractivity contribution >= 4 is 11.7 Å². The number of hydrogen-bond acceptors (Lipinski definition) is 4. The molecule has 128 valence electrons. The molecule has 2 rings (SSSR count). The van der Waals surface area contributed by atoms with Crippen LogP contribution < -0.4 is 24.8 Å². The number of ether oxygens (including phenoxy) is 3. The van der Waals surface area contributed by atoms with Gasteiger partial charge in [-0.25, -0.2) is 9.18 Å². The lowest BCUT2D eigenvalue weighted by atomic mass is 10.3. The summed E-state index contributed by atoms with van der Waals surface area (Å²) in [6, 6.07) is 10.6. The Balaban J connectivity index is 1.78. The average molecular weight is 334 g/mol. The minimum absolute atomic E-state index is 0.119. The highest BCUT2D eigenvalue weighted by molar-refractivity contribution is 5.89. The zero-order valence-corrected chi connectivity index (χ0v) is 13.5. The number of halogens is 1.